The standard InChI is InChI=1S/C14H17ClF3N/c1-19-13(9-4-6-14(17,18)7-5-9)11-8-10(16)2-3-12(11)15/h2-3,8-9,13,19H,4-7H2,1H3. The van der Waals surface area contributed by atoms with Gasteiger partial charge < -0.3 is 5.32 Å². The number of hydrogen-bond acceptors (Lipinski definition) is 1. The zero-order chi connectivity index (χ0) is 14.0. The molecule has 0 spiro atoms. The van der Waals surface area contributed by atoms with Crippen LogP contribution in [0.25, 0.3) is 0 Å². The van der Waals surface area contributed by atoms with Gasteiger partial charge in [0.25, 0.3) is 0 Å². The molecule has 1 saturated carbocycles. The summed E-state index contributed by atoms with van der Waals surface area (Å²) in [5.41, 5.74) is 0.652. The first-order valence-corrected chi connectivity index (χ1v) is 6.81. The van der Waals surface area contributed by atoms with E-state index in [1.54, 1.807) is 7.05 Å². The van der Waals surface area contributed by atoms with Crippen molar-refractivity contribution in [3.8, 4) is 0 Å². The van der Waals surface area contributed by atoms with Gasteiger partial charge in [-0.05, 0) is 49.6 Å². The van der Waals surface area contributed by atoms with E-state index in [2.05, 4.69) is 5.32 Å². The fourth-order valence-electron chi connectivity index (χ4n) is 2.79. The van der Waals surface area contributed by atoms with Crippen LogP contribution < -0.4 is 5.32 Å². The van der Waals surface area contributed by atoms with Gasteiger partial charge in [-0.15, -0.1) is 0 Å². The summed E-state index contributed by atoms with van der Waals surface area (Å²) in [6.45, 7) is 0. The van der Waals surface area contributed by atoms with E-state index in [0.717, 1.165) is 0 Å². The van der Waals surface area contributed by atoms with Crippen LogP contribution in [-0.4, -0.2) is 13.0 Å². The van der Waals surface area contributed by atoms with Gasteiger partial charge in [-0.1, -0.05) is 11.6 Å². The largest absolute Gasteiger partial charge is 0.313 e. The topological polar surface area (TPSA) is 12.0 Å². The molecule has 0 saturated heterocycles. The molecule has 1 atom stereocenters. The first kappa shape index (κ1) is 14.7. The maximum Gasteiger partial charge on any atom is 0.248 e. The van der Waals surface area contributed by atoms with Gasteiger partial charge in [-0.3, -0.25) is 0 Å². The van der Waals surface area contributed by atoms with Crippen LogP contribution in [0, 0.1) is 11.7 Å². The van der Waals surface area contributed by atoms with Crippen molar-refractivity contribution in [1.29, 1.82) is 0 Å². The highest BCUT2D eigenvalue weighted by Gasteiger charge is 2.38. The smallest absolute Gasteiger partial charge is 0.248 e. The average molecular weight is 292 g/mol. The summed E-state index contributed by atoms with van der Waals surface area (Å²) in [6, 6.07) is 4.01. The minimum absolute atomic E-state index is 0.0592. The minimum atomic E-state index is -2.56. The van der Waals surface area contributed by atoms with Crippen molar-refractivity contribution in [3.05, 3.63) is 34.6 Å². The zero-order valence-electron chi connectivity index (χ0n) is 10.7. The molecule has 0 heterocycles. The van der Waals surface area contributed by atoms with Gasteiger partial charge in [0.2, 0.25) is 5.92 Å². The van der Waals surface area contributed by atoms with Crippen molar-refractivity contribution in [2.45, 2.75) is 37.6 Å². The molecule has 1 aliphatic rings. The third-order valence-electron chi connectivity index (χ3n) is 3.84. The molecule has 0 bridgehead atoms. The lowest BCUT2D eigenvalue weighted by Gasteiger charge is -2.34. The van der Waals surface area contributed by atoms with Crippen molar-refractivity contribution in [3.63, 3.8) is 0 Å². The first-order valence-electron chi connectivity index (χ1n) is 6.43. The second-order valence-electron chi connectivity index (χ2n) is 5.13. The van der Waals surface area contributed by atoms with E-state index in [1.165, 1.54) is 18.2 Å². The molecule has 1 unspecified atom stereocenters. The number of halogens is 4. The Kier molecular flexibility index (Phi) is 4.41. The quantitative estimate of drug-likeness (QED) is 0.860. The monoisotopic (exact) mass is 291 g/mol. The Morgan fingerprint density at radius 3 is 2.53 bits per heavy atom. The van der Waals surface area contributed by atoms with E-state index in [1.807, 2.05) is 0 Å². The predicted molar refractivity (Wildman–Crippen MR) is 70.1 cm³/mol. The number of nitrogens with one attached hydrogen (secondary N) is 1. The van der Waals surface area contributed by atoms with Crippen molar-refractivity contribution < 1.29 is 13.2 Å². The van der Waals surface area contributed by atoms with E-state index >= 15 is 0 Å². The summed E-state index contributed by atoms with van der Waals surface area (Å²) >= 11 is 6.09. The lowest BCUT2D eigenvalue weighted by atomic mass is 9.79. The van der Waals surface area contributed by atoms with E-state index in [9.17, 15) is 13.2 Å². The van der Waals surface area contributed by atoms with Crippen LogP contribution in [0.3, 0.4) is 0 Å². The molecule has 0 radical (unpaired) electrons. The van der Waals surface area contributed by atoms with Gasteiger partial charge in [0.15, 0.2) is 0 Å². The van der Waals surface area contributed by atoms with Gasteiger partial charge >= 0.3 is 0 Å². The maximum atomic E-state index is 13.3. The van der Waals surface area contributed by atoms with Crippen molar-refractivity contribution in [2.24, 2.45) is 5.92 Å². The van der Waals surface area contributed by atoms with Crippen molar-refractivity contribution >= 4 is 11.6 Å². The zero-order valence-corrected chi connectivity index (χ0v) is 11.5. The molecule has 1 fully saturated rings. The van der Waals surface area contributed by atoms with Gasteiger partial charge in [-0.2, -0.15) is 0 Å². The minimum Gasteiger partial charge on any atom is -0.313 e. The Morgan fingerprint density at radius 2 is 1.95 bits per heavy atom. The third kappa shape index (κ3) is 3.42. The van der Waals surface area contributed by atoms with Gasteiger partial charge in [0.05, 0.1) is 0 Å². The molecule has 0 aliphatic heterocycles. The van der Waals surface area contributed by atoms with Gasteiger partial charge in [0.1, 0.15) is 5.82 Å². The highest BCUT2D eigenvalue weighted by Crippen LogP contribution is 2.42. The van der Waals surface area contributed by atoms with Crippen molar-refractivity contribution in [1.82, 2.24) is 5.32 Å². The summed E-state index contributed by atoms with van der Waals surface area (Å²) in [5.74, 6) is -2.86. The molecule has 0 amide bonds. The predicted octanol–water partition coefficient (Wildman–Crippen LogP) is 4.57. The summed E-state index contributed by atoms with van der Waals surface area (Å²) in [4.78, 5) is 0. The molecule has 1 aromatic rings. The van der Waals surface area contributed by atoms with Crippen LogP contribution in [0.4, 0.5) is 13.2 Å². The second kappa shape index (κ2) is 5.71. The van der Waals surface area contributed by atoms with Gasteiger partial charge in [0, 0.05) is 23.9 Å². The van der Waals surface area contributed by atoms with Crippen LogP contribution in [0.15, 0.2) is 18.2 Å². The molecule has 2 rings (SSSR count). The molecule has 19 heavy (non-hydrogen) atoms. The molecule has 5 heteroatoms. The Hall–Kier alpha value is -0.740. The Labute approximate surface area is 116 Å². The highest BCUT2D eigenvalue weighted by molar-refractivity contribution is 6.31. The lowest BCUT2D eigenvalue weighted by Crippen LogP contribution is -2.32. The van der Waals surface area contributed by atoms with Crippen molar-refractivity contribution in [2.75, 3.05) is 7.05 Å². The molecule has 1 aromatic carbocycles. The van der Waals surface area contributed by atoms with Crippen LogP contribution in [-0.2, 0) is 0 Å². The van der Waals surface area contributed by atoms with E-state index < -0.39 is 5.92 Å². The molecule has 1 N–H and O–H groups in total. The molecular weight excluding hydrogens is 275 g/mol. The van der Waals surface area contributed by atoms with E-state index in [4.69, 9.17) is 11.6 Å². The van der Waals surface area contributed by atoms with Crippen LogP contribution in [0.1, 0.15) is 37.3 Å². The van der Waals surface area contributed by atoms with Crippen LogP contribution >= 0.6 is 11.6 Å². The molecule has 106 valence electrons. The number of rotatable bonds is 3. The summed E-state index contributed by atoms with van der Waals surface area (Å²) < 4.78 is 39.7. The molecular formula is C14H17ClF3N. The molecule has 1 nitrogen and oxygen atoms in total. The fourth-order valence-corrected chi connectivity index (χ4v) is 3.03. The summed E-state index contributed by atoms with van der Waals surface area (Å²) in [6.07, 6.45) is 0.627. The lowest BCUT2D eigenvalue weighted by molar-refractivity contribution is -0.0495. The second-order valence-corrected chi connectivity index (χ2v) is 5.53. The third-order valence-corrected chi connectivity index (χ3v) is 4.18. The maximum absolute atomic E-state index is 13.3. The summed E-state index contributed by atoms with van der Waals surface area (Å²) in [5, 5.41) is 3.56. The number of benzene rings is 1. The van der Waals surface area contributed by atoms with Crippen LogP contribution in [0.5, 0.6) is 0 Å². The highest BCUT2D eigenvalue weighted by atomic mass is 35.5. The molecule has 1 aliphatic carbocycles. The normalized spacial score (nSPS) is 21.3. The Bertz CT molecular complexity index is 440. The van der Waals surface area contributed by atoms with Gasteiger partial charge in [-0.25, -0.2) is 13.2 Å². The number of alkyl halides is 2. The number of hydrogen-bond donors (Lipinski definition) is 1. The Balaban J connectivity index is 2.18. The van der Waals surface area contributed by atoms with E-state index in [0.29, 0.717) is 23.4 Å². The Morgan fingerprint density at radius 1 is 1.32 bits per heavy atom. The van der Waals surface area contributed by atoms with Crippen LogP contribution in [0.2, 0.25) is 5.02 Å². The summed E-state index contributed by atoms with van der Waals surface area (Å²) in [7, 11) is 1.75. The fraction of sp³-hybridized carbons (Fsp3) is 0.571. The average Bonchev–Trinajstić information content (AvgIpc) is 2.36. The van der Waals surface area contributed by atoms with E-state index in [-0.39, 0.29) is 30.6 Å². The first-order chi connectivity index (χ1) is 8.93. The molecule has 0 aromatic heterocycles. The SMILES string of the molecule is CNC(c1cc(F)ccc1Cl)C1CCC(F)(F)CC1.